The van der Waals surface area contributed by atoms with E-state index < -0.39 is 0 Å². The highest BCUT2D eigenvalue weighted by Crippen LogP contribution is 2.29. The van der Waals surface area contributed by atoms with E-state index in [2.05, 4.69) is 20.9 Å². The van der Waals surface area contributed by atoms with Crippen LogP contribution in [0, 0.1) is 11.3 Å². The fourth-order valence-electron chi connectivity index (χ4n) is 3.82. The molecule has 3 heterocycles. The van der Waals surface area contributed by atoms with E-state index in [0.717, 1.165) is 31.2 Å². The Labute approximate surface area is 162 Å². The molecule has 1 aromatic carbocycles. The third-order valence-electron chi connectivity index (χ3n) is 5.18. The van der Waals surface area contributed by atoms with Crippen molar-refractivity contribution < 1.29 is 9.53 Å². The first-order valence-electron chi connectivity index (χ1n) is 9.13. The van der Waals surface area contributed by atoms with Crippen LogP contribution in [0.4, 0.5) is 0 Å². The lowest BCUT2D eigenvalue weighted by Gasteiger charge is -2.23. The molecular weight excluding hydrogens is 366 g/mol. The first-order valence-corrected chi connectivity index (χ1v) is 9.51. The first kappa shape index (κ1) is 18.0. The van der Waals surface area contributed by atoms with Gasteiger partial charge in [-0.05, 0) is 31.4 Å². The molecule has 0 radical (unpaired) electrons. The van der Waals surface area contributed by atoms with E-state index in [0.29, 0.717) is 36.1 Å². The zero-order valence-corrected chi connectivity index (χ0v) is 15.6. The van der Waals surface area contributed by atoms with Crippen LogP contribution >= 0.6 is 11.6 Å². The van der Waals surface area contributed by atoms with Gasteiger partial charge in [-0.3, -0.25) is 9.69 Å². The van der Waals surface area contributed by atoms with Gasteiger partial charge in [0.05, 0.1) is 12.6 Å². The van der Waals surface area contributed by atoms with Gasteiger partial charge in [0.1, 0.15) is 34.9 Å². The van der Waals surface area contributed by atoms with Gasteiger partial charge in [0.25, 0.3) is 0 Å². The summed E-state index contributed by atoms with van der Waals surface area (Å²) in [5, 5.41) is 10.3. The molecule has 140 valence electrons. The fourth-order valence-corrected chi connectivity index (χ4v) is 4.02. The van der Waals surface area contributed by atoms with Crippen LogP contribution in [0.3, 0.4) is 0 Å². The summed E-state index contributed by atoms with van der Waals surface area (Å²) >= 11 is 6.13. The lowest BCUT2D eigenvalue weighted by Crippen LogP contribution is -2.42. The molecule has 27 heavy (non-hydrogen) atoms. The molecule has 2 aliphatic rings. The van der Waals surface area contributed by atoms with Crippen molar-refractivity contribution in [1.82, 2.24) is 19.8 Å². The number of fused-ring (bicyclic) bond motifs is 1. The van der Waals surface area contributed by atoms with E-state index in [1.807, 2.05) is 18.2 Å². The minimum absolute atomic E-state index is 0.0116. The first-order chi connectivity index (χ1) is 13.2. The second-order valence-corrected chi connectivity index (χ2v) is 7.31. The van der Waals surface area contributed by atoms with Crippen LogP contribution in [0.5, 0.6) is 5.75 Å². The van der Waals surface area contributed by atoms with Crippen LogP contribution in [0.15, 0.2) is 24.5 Å². The van der Waals surface area contributed by atoms with E-state index in [-0.39, 0.29) is 18.1 Å². The maximum Gasteiger partial charge on any atom is 0.237 e. The van der Waals surface area contributed by atoms with Crippen LogP contribution in [0.25, 0.3) is 10.9 Å². The highest BCUT2D eigenvalue weighted by atomic mass is 35.5. The van der Waals surface area contributed by atoms with Crippen LogP contribution in [0.1, 0.15) is 19.3 Å². The number of aromatic nitrogens is 2. The molecule has 0 saturated carbocycles. The Morgan fingerprint density at radius 3 is 3.07 bits per heavy atom. The zero-order chi connectivity index (χ0) is 18.8. The van der Waals surface area contributed by atoms with Crippen molar-refractivity contribution in [3.05, 3.63) is 29.7 Å². The smallest absolute Gasteiger partial charge is 0.237 e. The molecule has 0 spiro atoms. The molecule has 2 aliphatic heterocycles. The van der Waals surface area contributed by atoms with Gasteiger partial charge in [-0.2, -0.15) is 5.26 Å². The number of halogens is 1. The molecule has 2 aromatic rings. The maximum absolute atomic E-state index is 12.5. The molecule has 7 nitrogen and oxygen atoms in total. The van der Waals surface area contributed by atoms with Gasteiger partial charge in [0.15, 0.2) is 0 Å². The topological polar surface area (TPSA) is 82.4 Å². The molecule has 1 amide bonds. The second-order valence-electron chi connectivity index (χ2n) is 6.95. The normalized spacial score (nSPS) is 22.9. The van der Waals surface area contributed by atoms with Crippen molar-refractivity contribution >= 4 is 28.4 Å². The number of hydrogen-bond donors (Lipinski definition) is 0. The van der Waals surface area contributed by atoms with E-state index in [9.17, 15) is 4.79 Å². The number of carbonyl (C=O) groups is 1. The van der Waals surface area contributed by atoms with E-state index in [1.165, 1.54) is 6.33 Å². The predicted molar refractivity (Wildman–Crippen MR) is 100 cm³/mol. The summed E-state index contributed by atoms with van der Waals surface area (Å²) in [6, 6.07) is 7.57. The summed E-state index contributed by atoms with van der Waals surface area (Å²) in [6.07, 6.45) is 3.94. The van der Waals surface area contributed by atoms with E-state index in [1.54, 1.807) is 4.90 Å². The number of benzene rings is 1. The molecule has 2 atom stereocenters. The molecule has 0 unspecified atom stereocenters. The van der Waals surface area contributed by atoms with Crippen LogP contribution in [-0.4, -0.2) is 64.0 Å². The molecule has 0 bridgehead atoms. The lowest BCUT2D eigenvalue weighted by atomic mass is 10.2. The minimum Gasteiger partial charge on any atom is -0.487 e. The molecule has 2 fully saturated rings. The fraction of sp³-hybridized carbons (Fsp3) is 0.474. The number of hydrogen-bond acceptors (Lipinski definition) is 6. The standard InChI is InChI=1S/C19H20ClN5O2/c20-19-15-4-1-5-16(18(15)22-12-23-19)27-14-6-8-24(10-14)11-17(26)25-7-2-3-13(25)9-21/h1,4-5,12-14H,2-3,6-8,10-11H2/t13-,14-/m0/s1. The summed E-state index contributed by atoms with van der Waals surface area (Å²) < 4.78 is 6.16. The average molecular weight is 386 g/mol. The molecule has 8 heteroatoms. The molecule has 2 saturated heterocycles. The molecule has 4 rings (SSSR count). The molecular formula is C19H20ClN5O2. The lowest BCUT2D eigenvalue weighted by molar-refractivity contribution is -0.132. The van der Waals surface area contributed by atoms with Crippen LogP contribution in [-0.2, 0) is 4.79 Å². The number of amides is 1. The Kier molecular flexibility index (Phi) is 5.10. The van der Waals surface area contributed by atoms with Crippen molar-refractivity contribution in [2.24, 2.45) is 0 Å². The number of carbonyl (C=O) groups excluding carboxylic acids is 1. The highest BCUT2D eigenvalue weighted by molar-refractivity contribution is 6.34. The van der Waals surface area contributed by atoms with Crippen LogP contribution in [0.2, 0.25) is 5.15 Å². The van der Waals surface area contributed by atoms with Crippen molar-refractivity contribution in [2.45, 2.75) is 31.4 Å². The van der Waals surface area contributed by atoms with Crippen molar-refractivity contribution in [3.8, 4) is 11.8 Å². The Balaban J connectivity index is 1.39. The number of rotatable bonds is 4. The average Bonchev–Trinajstić information content (AvgIpc) is 3.32. The number of nitrogens with zero attached hydrogens (tertiary/aromatic N) is 5. The molecule has 0 N–H and O–H groups in total. The third kappa shape index (κ3) is 3.68. The molecule has 0 aliphatic carbocycles. The van der Waals surface area contributed by atoms with Crippen molar-refractivity contribution in [3.63, 3.8) is 0 Å². The van der Waals surface area contributed by atoms with Gasteiger partial charge in [0, 0.05) is 25.0 Å². The van der Waals surface area contributed by atoms with Crippen molar-refractivity contribution in [2.75, 3.05) is 26.2 Å². The summed E-state index contributed by atoms with van der Waals surface area (Å²) in [5.74, 6) is 0.712. The Morgan fingerprint density at radius 2 is 2.22 bits per heavy atom. The van der Waals surface area contributed by atoms with Crippen LogP contribution < -0.4 is 4.74 Å². The zero-order valence-electron chi connectivity index (χ0n) is 14.8. The SMILES string of the molecule is N#C[C@@H]1CCCN1C(=O)CN1CC[C@H](Oc2cccc3c(Cl)ncnc23)C1. The number of likely N-dealkylation sites (tertiary alicyclic amines) is 2. The summed E-state index contributed by atoms with van der Waals surface area (Å²) in [4.78, 5) is 24.6. The number of nitriles is 1. The van der Waals surface area contributed by atoms with Crippen molar-refractivity contribution in [1.29, 1.82) is 5.26 Å². The summed E-state index contributed by atoms with van der Waals surface area (Å²) in [5.41, 5.74) is 0.695. The van der Waals surface area contributed by atoms with E-state index >= 15 is 0 Å². The minimum atomic E-state index is -0.271. The number of ether oxygens (including phenoxy) is 1. The predicted octanol–water partition coefficient (Wildman–Crippen LogP) is 2.25. The van der Waals surface area contributed by atoms with E-state index in [4.69, 9.17) is 21.6 Å². The molecule has 1 aromatic heterocycles. The van der Waals surface area contributed by atoms with Gasteiger partial charge in [-0.25, -0.2) is 9.97 Å². The number of para-hydroxylation sites is 1. The Bertz CT molecular complexity index is 899. The summed E-state index contributed by atoms with van der Waals surface area (Å²) in [7, 11) is 0. The second kappa shape index (κ2) is 7.67. The Morgan fingerprint density at radius 1 is 1.33 bits per heavy atom. The monoisotopic (exact) mass is 385 g/mol. The quantitative estimate of drug-likeness (QED) is 0.751. The largest absolute Gasteiger partial charge is 0.487 e. The highest BCUT2D eigenvalue weighted by Gasteiger charge is 2.32. The van der Waals surface area contributed by atoms with Gasteiger partial charge in [0.2, 0.25) is 5.91 Å². The van der Waals surface area contributed by atoms with Gasteiger partial charge in [-0.15, -0.1) is 0 Å². The Hall–Kier alpha value is -2.43. The third-order valence-corrected chi connectivity index (χ3v) is 5.48. The maximum atomic E-state index is 12.5. The van der Waals surface area contributed by atoms with Gasteiger partial charge < -0.3 is 9.64 Å². The summed E-state index contributed by atoms with van der Waals surface area (Å²) in [6.45, 7) is 2.48. The van der Waals surface area contributed by atoms with Gasteiger partial charge in [-0.1, -0.05) is 17.7 Å². The van der Waals surface area contributed by atoms with Gasteiger partial charge >= 0.3 is 0 Å².